The van der Waals surface area contributed by atoms with E-state index in [1.807, 2.05) is 24.3 Å². The zero-order valence-electron chi connectivity index (χ0n) is 18.2. The van der Waals surface area contributed by atoms with Gasteiger partial charge in [-0.05, 0) is 50.5 Å². The predicted octanol–water partition coefficient (Wildman–Crippen LogP) is 5.12. The van der Waals surface area contributed by atoms with E-state index in [9.17, 15) is 9.59 Å². The summed E-state index contributed by atoms with van der Waals surface area (Å²) in [4.78, 5) is 25.8. The van der Waals surface area contributed by atoms with E-state index in [0.717, 1.165) is 55.5 Å². The van der Waals surface area contributed by atoms with E-state index >= 15 is 0 Å². The minimum absolute atomic E-state index is 0.00187. The molecule has 1 aromatic carbocycles. The van der Waals surface area contributed by atoms with Crippen molar-refractivity contribution in [3.05, 3.63) is 40.3 Å². The van der Waals surface area contributed by atoms with Crippen LogP contribution in [0.1, 0.15) is 89.3 Å². The SMILES string of the molecule is CCCCC1CCC(C(=O)NCc2nn(C3CCCC3)c(=O)c3ccccc23)CC1. The Balaban J connectivity index is 1.45. The van der Waals surface area contributed by atoms with Crippen LogP contribution in [0.25, 0.3) is 10.8 Å². The smallest absolute Gasteiger partial charge is 0.274 e. The minimum atomic E-state index is -0.00187. The monoisotopic (exact) mass is 409 g/mol. The number of aromatic nitrogens is 2. The molecular weight excluding hydrogens is 374 g/mol. The zero-order valence-corrected chi connectivity index (χ0v) is 18.2. The van der Waals surface area contributed by atoms with Crippen molar-refractivity contribution in [1.29, 1.82) is 0 Å². The summed E-state index contributed by atoms with van der Waals surface area (Å²) in [6.45, 7) is 2.63. The van der Waals surface area contributed by atoms with Crippen molar-refractivity contribution >= 4 is 16.7 Å². The molecule has 1 aromatic heterocycles. The van der Waals surface area contributed by atoms with E-state index in [1.165, 1.54) is 32.1 Å². The van der Waals surface area contributed by atoms with Crippen molar-refractivity contribution in [1.82, 2.24) is 15.1 Å². The maximum atomic E-state index is 13.0. The fourth-order valence-electron chi connectivity index (χ4n) is 5.32. The van der Waals surface area contributed by atoms with E-state index < -0.39 is 0 Å². The lowest BCUT2D eigenvalue weighted by Gasteiger charge is -2.27. The van der Waals surface area contributed by atoms with E-state index in [0.29, 0.717) is 11.9 Å². The predicted molar refractivity (Wildman–Crippen MR) is 120 cm³/mol. The van der Waals surface area contributed by atoms with Gasteiger partial charge in [-0.3, -0.25) is 9.59 Å². The normalized spacial score (nSPS) is 22.4. The molecule has 0 saturated heterocycles. The molecular formula is C25H35N3O2. The van der Waals surface area contributed by atoms with E-state index in [4.69, 9.17) is 5.10 Å². The third-order valence-electron chi connectivity index (χ3n) is 7.19. The van der Waals surface area contributed by atoms with E-state index in [-0.39, 0.29) is 23.4 Å². The van der Waals surface area contributed by atoms with Gasteiger partial charge >= 0.3 is 0 Å². The summed E-state index contributed by atoms with van der Waals surface area (Å²) in [5.74, 6) is 1.07. The Morgan fingerprint density at radius 2 is 1.77 bits per heavy atom. The van der Waals surface area contributed by atoms with Crippen LogP contribution in [0, 0.1) is 11.8 Å². The number of nitrogens with one attached hydrogen (secondary N) is 1. The second-order valence-electron chi connectivity index (χ2n) is 9.26. The van der Waals surface area contributed by atoms with Crippen LogP contribution in [0.15, 0.2) is 29.1 Å². The number of hydrogen-bond acceptors (Lipinski definition) is 3. The molecule has 0 radical (unpaired) electrons. The first-order valence-electron chi connectivity index (χ1n) is 12.0. The Labute approximate surface area is 179 Å². The van der Waals surface area contributed by atoms with Gasteiger partial charge in [0.05, 0.1) is 23.7 Å². The topological polar surface area (TPSA) is 64.0 Å². The van der Waals surface area contributed by atoms with Crippen LogP contribution in [-0.2, 0) is 11.3 Å². The van der Waals surface area contributed by atoms with Gasteiger partial charge in [-0.2, -0.15) is 5.10 Å². The minimum Gasteiger partial charge on any atom is -0.350 e. The number of rotatable bonds is 7. The van der Waals surface area contributed by atoms with Gasteiger partial charge in [-0.15, -0.1) is 0 Å². The molecule has 4 rings (SSSR count). The number of fused-ring (bicyclic) bond motifs is 1. The molecule has 1 amide bonds. The second-order valence-corrected chi connectivity index (χ2v) is 9.26. The number of nitrogens with zero attached hydrogens (tertiary/aromatic N) is 2. The van der Waals surface area contributed by atoms with Crippen molar-refractivity contribution in [3.63, 3.8) is 0 Å². The van der Waals surface area contributed by atoms with Gasteiger partial charge in [0.15, 0.2) is 0 Å². The molecule has 5 heteroatoms. The zero-order chi connectivity index (χ0) is 20.9. The first-order valence-corrected chi connectivity index (χ1v) is 12.0. The number of amides is 1. The van der Waals surface area contributed by atoms with E-state index in [2.05, 4.69) is 12.2 Å². The quantitative estimate of drug-likeness (QED) is 0.690. The highest BCUT2D eigenvalue weighted by Gasteiger charge is 2.26. The molecule has 2 saturated carbocycles. The largest absolute Gasteiger partial charge is 0.350 e. The van der Waals surface area contributed by atoms with Gasteiger partial charge in [0.25, 0.3) is 5.56 Å². The molecule has 0 spiro atoms. The standard InChI is InChI=1S/C25H35N3O2/c1-2-3-8-18-13-15-19(16-14-18)24(29)26-17-23-21-11-6-7-12-22(21)25(30)28(27-23)20-9-4-5-10-20/h6-7,11-12,18-20H,2-5,8-10,13-17H2,1H3,(H,26,29). The molecule has 1 N–H and O–H groups in total. The highest BCUT2D eigenvalue weighted by molar-refractivity contribution is 5.84. The Morgan fingerprint density at radius 1 is 1.07 bits per heavy atom. The first kappa shape index (κ1) is 21.1. The number of unbranched alkanes of at least 4 members (excludes halogenated alkanes) is 1. The molecule has 5 nitrogen and oxygen atoms in total. The number of hydrogen-bond donors (Lipinski definition) is 1. The molecule has 0 atom stereocenters. The molecule has 2 aromatic rings. The van der Waals surface area contributed by atoms with Gasteiger partial charge in [0.2, 0.25) is 5.91 Å². The Morgan fingerprint density at radius 3 is 2.47 bits per heavy atom. The van der Waals surface area contributed by atoms with Crippen LogP contribution in [0.3, 0.4) is 0 Å². The van der Waals surface area contributed by atoms with Crippen LogP contribution in [0.5, 0.6) is 0 Å². The number of benzene rings is 1. The maximum absolute atomic E-state index is 13.0. The summed E-state index contributed by atoms with van der Waals surface area (Å²) in [7, 11) is 0. The molecule has 1 heterocycles. The average Bonchev–Trinajstić information content (AvgIpc) is 3.32. The molecule has 2 aliphatic rings. The highest BCUT2D eigenvalue weighted by atomic mass is 16.2. The highest BCUT2D eigenvalue weighted by Crippen LogP contribution is 2.32. The first-order chi connectivity index (χ1) is 14.7. The van der Waals surface area contributed by atoms with Crippen LogP contribution in [0.2, 0.25) is 0 Å². The third-order valence-corrected chi connectivity index (χ3v) is 7.19. The fourth-order valence-corrected chi connectivity index (χ4v) is 5.32. The van der Waals surface area contributed by atoms with Crippen molar-refractivity contribution in [2.24, 2.45) is 11.8 Å². The van der Waals surface area contributed by atoms with Gasteiger partial charge < -0.3 is 5.32 Å². The van der Waals surface area contributed by atoms with Gasteiger partial charge in [0.1, 0.15) is 0 Å². The lowest BCUT2D eigenvalue weighted by molar-refractivity contribution is -0.126. The Kier molecular flexibility index (Phi) is 6.86. The lowest BCUT2D eigenvalue weighted by Crippen LogP contribution is -2.34. The van der Waals surface area contributed by atoms with Crippen LogP contribution < -0.4 is 10.9 Å². The van der Waals surface area contributed by atoms with Gasteiger partial charge in [-0.1, -0.05) is 57.2 Å². The van der Waals surface area contributed by atoms with Crippen LogP contribution in [0.4, 0.5) is 0 Å². The summed E-state index contributed by atoms with van der Waals surface area (Å²) in [5, 5.41) is 9.44. The summed E-state index contributed by atoms with van der Waals surface area (Å²) in [6, 6.07) is 7.86. The molecule has 2 aliphatic carbocycles. The second kappa shape index (κ2) is 9.76. The third kappa shape index (κ3) is 4.60. The number of carbonyl (C=O) groups excluding carboxylic acids is 1. The number of carbonyl (C=O) groups is 1. The summed E-state index contributed by atoms with van der Waals surface area (Å²) >= 11 is 0. The fraction of sp³-hybridized carbons (Fsp3) is 0.640. The molecule has 0 bridgehead atoms. The van der Waals surface area contributed by atoms with Crippen molar-refractivity contribution < 1.29 is 4.79 Å². The maximum Gasteiger partial charge on any atom is 0.274 e. The molecule has 0 unspecified atom stereocenters. The van der Waals surface area contributed by atoms with Crippen molar-refractivity contribution in [2.45, 2.75) is 90.1 Å². The van der Waals surface area contributed by atoms with E-state index in [1.54, 1.807) is 4.68 Å². The van der Waals surface area contributed by atoms with Crippen molar-refractivity contribution in [2.75, 3.05) is 0 Å². The van der Waals surface area contributed by atoms with Crippen molar-refractivity contribution in [3.8, 4) is 0 Å². The lowest BCUT2D eigenvalue weighted by atomic mass is 9.79. The Bertz CT molecular complexity index is 922. The molecule has 30 heavy (non-hydrogen) atoms. The summed E-state index contributed by atoms with van der Waals surface area (Å²) < 4.78 is 1.69. The summed E-state index contributed by atoms with van der Waals surface area (Å²) in [5.41, 5.74) is 0.806. The molecule has 2 fully saturated rings. The summed E-state index contributed by atoms with van der Waals surface area (Å²) in [6.07, 6.45) is 12.5. The van der Waals surface area contributed by atoms with Gasteiger partial charge in [0, 0.05) is 11.3 Å². The van der Waals surface area contributed by atoms with Crippen LogP contribution in [-0.4, -0.2) is 15.7 Å². The molecule has 162 valence electrons. The molecule has 0 aliphatic heterocycles. The average molecular weight is 410 g/mol. The Hall–Kier alpha value is -2.17. The van der Waals surface area contributed by atoms with Crippen LogP contribution >= 0.6 is 0 Å². The van der Waals surface area contributed by atoms with Gasteiger partial charge in [-0.25, -0.2) is 4.68 Å².